The number of esters is 3. The van der Waals surface area contributed by atoms with Crippen LogP contribution in [0.4, 0.5) is 0 Å². The van der Waals surface area contributed by atoms with Crippen molar-refractivity contribution in [3.05, 3.63) is 118 Å². The van der Waals surface area contributed by atoms with Gasteiger partial charge in [-0.2, -0.15) is 0 Å². The Morgan fingerprint density at radius 2 is 1.65 bits per heavy atom. The van der Waals surface area contributed by atoms with Gasteiger partial charge in [-0.05, 0) is 79.9 Å². The maximum Gasteiger partial charge on any atom is 0.347 e. The van der Waals surface area contributed by atoms with E-state index in [1.54, 1.807) is 55.5 Å². The summed E-state index contributed by atoms with van der Waals surface area (Å²) in [6, 6.07) is 20.4. The van der Waals surface area contributed by atoms with Gasteiger partial charge in [0, 0.05) is 23.8 Å². The van der Waals surface area contributed by atoms with Gasteiger partial charge in [0.1, 0.15) is 18.2 Å². The summed E-state index contributed by atoms with van der Waals surface area (Å²) in [6.45, 7) is 4.88. The number of rotatable bonds is 12. The van der Waals surface area contributed by atoms with Crippen molar-refractivity contribution < 1.29 is 33.4 Å². The van der Waals surface area contributed by atoms with E-state index in [9.17, 15) is 19.2 Å². The van der Waals surface area contributed by atoms with Crippen molar-refractivity contribution in [3.63, 3.8) is 0 Å². The molecule has 0 saturated carbocycles. The Hall–Kier alpha value is -5.51. The summed E-state index contributed by atoms with van der Waals surface area (Å²) in [5, 5.41) is 10.1. The summed E-state index contributed by atoms with van der Waals surface area (Å²) in [5.41, 5.74) is 8.80. The molecule has 3 rings (SSSR count). The van der Waals surface area contributed by atoms with Crippen LogP contribution in [0.25, 0.3) is 6.08 Å². The second kappa shape index (κ2) is 15.5. The minimum absolute atomic E-state index is 0.0636. The molecule has 0 saturated heterocycles. The molecule has 0 aromatic heterocycles. The van der Waals surface area contributed by atoms with Gasteiger partial charge >= 0.3 is 17.9 Å². The van der Waals surface area contributed by atoms with Gasteiger partial charge in [0.15, 0.2) is 6.10 Å². The Morgan fingerprint density at radius 3 is 2.30 bits per heavy atom. The van der Waals surface area contributed by atoms with Crippen molar-refractivity contribution in [1.82, 2.24) is 5.32 Å². The van der Waals surface area contributed by atoms with Crippen molar-refractivity contribution in [2.24, 2.45) is 5.73 Å². The number of nitrogens with two attached hydrogens (primary N) is 1. The Labute approximate surface area is 249 Å². The lowest BCUT2D eigenvalue weighted by atomic mass is 10.0. The van der Waals surface area contributed by atoms with Gasteiger partial charge < -0.3 is 25.3 Å². The first-order valence-corrected chi connectivity index (χ1v) is 13.3. The fourth-order valence-corrected chi connectivity index (χ4v) is 3.62. The molecule has 1 amide bonds. The zero-order valence-electron chi connectivity index (χ0n) is 24.1. The molecular formula is C33H33N3O7. The van der Waals surface area contributed by atoms with Gasteiger partial charge in [0.25, 0.3) is 0 Å². The highest BCUT2D eigenvalue weighted by Gasteiger charge is 2.20. The van der Waals surface area contributed by atoms with Crippen molar-refractivity contribution >= 4 is 35.7 Å². The number of hydrogen-bond donors (Lipinski definition) is 3. The number of hydrogen-bond acceptors (Lipinski definition) is 8. The third-order valence-electron chi connectivity index (χ3n) is 6.14. The quantitative estimate of drug-likeness (QED) is 0.0939. The van der Waals surface area contributed by atoms with Gasteiger partial charge in [-0.3, -0.25) is 10.2 Å². The lowest BCUT2D eigenvalue weighted by Gasteiger charge is -2.13. The number of aryl methyl sites for hydroxylation is 1. The maximum absolute atomic E-state index is 12.5. The molecule has 0 aliphatic rings. The predicted octanol–water partition coefficient (Wildman–Crippen LogP) is 4.25. The zero-order chi connectivity index (χ0) is 31.4. The highest BCUT2D eigenvalue weighted by molar-refractivity contribution is 5.96. The van der Waals surface area contributed by atoms with Gasteiger partial charge in [-0.1, -0.05) is 42.5 Å². The van der Waals surface area contributed by atoms with Crippen LogP contribution in [0.15, 0.2) is 90.5 Å². The third kappa shape index (κ3) is 10.1. The molecule has 0 bridgehead atoms. The molecule has 0 fully saturated rings. The van der Waals surface area contributed by atoms with Crippen LogP contribution in [0.5, 0.6) is 5.75 Å². The standard InChI is InChI=1S/C33H33N3O7/c1-21(31(38)42-23(3)32(39)41-20-24-7-5-4-6-8-24)17-18-36-29(37)16-13-25-9-10-27(19-22(25)2)33(40)43-28-14-11-26(12-15-28)30(34)35/h4-17,19,23H,18,20H2,1-3H3,(H3,34,35)(H,36,37)/b16-13+,21-17+. The number of nitrogens with one attached hydrogen (secondary N) is 2. The minimum Gasteiger partial charge on any atom is -0.458 e. The second-order valence-electron chi connectivity index (χ2n) is 9.51. The normalized spacial score (nSPS) is 11.8. The van der Waals surface area contributed by atoms with Crippen LogP contribution in [0.2, 0.25) is 0 Å². The predicted molar refractivity (Wildman–Crippen MR) is 161 cm³/mol. The molecule has 3 aromatic rings. The van der Waals surface area contributed by atoms with Crippen LogP contribution in [-0.2, 0) is 30.5 Å². The Balaban J connectivity index is 1.44. The monoisotopic (exact) mass is 583 g/mol. The first kappa shape index (κ1) is 32.0. The molecule has 0 spiro atoms. The summed E-state index contributed by atoms with van der Waals surface area (Å²) < 4.78 is 15.7. The molecule has 1 atom stereocenters. The van der Waals surface area contributed by atoms with Gasteiger partial charge in [-0.25, -0.2) is 14.4 Å². The summed E-state index contributed by atoms with van der Waals surface area (Å²) >= 11 is 0. The van der Waals surface area contributed by atoms with E-state index in [2.05, 4.69) is 5.32 Å². The zero-order valence-corrected chi connectivity index (χ0v) is 24.1. The van der Waals surface area contributed by atoms with E-state index in [0.717, 1.165) is 16.7 Å². The Kier molecular flexibility index (Phi) is 11.5. The number of amidine groups is 1. The van der Waals surface area contributed by atoms with E-state index in [1.165, 1.54) is 26.0 Å². The molecule has 1 unspecified atom stereocenters. The topological polar surface area (TPSA) is 158 Å². The molecule has 0 radical (unpaired) electrons. The SMILES string of the molecule is C/C(=C\CNC(=O)/C=C/c1ccc(C(=O)Oc2ccc(C(=N)N)cc2)cc1C)C(=O)OC(C)C(=O)OCc1ccccc1. The number of carbonyl (C=O) groups is 4. The van der Waals surface area contributed by atoms with Crippen molar-refractivity contribution in [1.29, 1.82) is 5.41 Å². The summed E-state index contributed by atoms with van der Waals surface area (Å²) in [6.07, 6.45) is 3.33. The molecule has 3 aromatic carbocycles. The third-order valence-corrected chi connectivity index (χ3v) is 6.14. The molecule has 222 valence electrons. The van der Waals surface area contributed by atoms with E-state index in [0.29, 0.717) is 16.9 Å². The highest BCUT2D eigenvalue weighted by Crippen LogP contribution is 2.17. The molecule has 0 aliphatic heterocycles. The molecular weight excluding hydrogens is 550 g/mol. The first-order valence-electron chi connectivity index (χ1n) is 13.3. The van der Waals surface area contributed by atoms with Gasteiger partial charge in [0.2, 0.25) is 5.91 Å². The molecule has 10 heteroatoms. The smallest absolute Gasteiger partial charge is 0.347 e. The summed E-state index contributed by atoms with van der Waals surface area (Å²) in [5.74, 6) is -2.07. The number of nitrogen functional groups attached to an aromatic ring is 1. The van der Waals surface area contributed by atoms with Crippen LogP contribution < -0.4 is 15.8 Å². The van der Waals surface area contributed by atoms with E-state index < -0.39 is 29.9 Å². The largest absolute Gasteiger partial charge is 0.458 e. The number of benzene rings is 3. The number of amides is 1. The maximum atomic E-state index is 12.5. The second-order valence-corrected chi connectivity index (χ2v) is 9.51. The average Bonchev–Trinajstić information content (AvgIpc) is 2.99. The minimum atomic E-state index is -1.09. The lowest BCUT2D eigenvalue weighted by Crippen LogP contribution is -2.27. The van der Waals surface area contributed by atoms with Crippen molar-refractivity contribution in [2.45, 2.75) is 33.5 Å². The number of ether oxygens (including phenoxy) is 3. The summed E-state index contributed by atoms with van der Waals surface area (Å²) in [7, 11) is 0. The van der Waals surface area contributed by atoms with Crippen molar-refractivity contribution in [3.8, 4) is 5.75 Å². The molecule has 0 heterocycles. The van der Waals surface area contributed by atoms with Gasteiger partial charge in [-0.15, -0.1) is 0 Å². The first-order chi connectivity index (χ1) is 20.5. The highest BCUT2D eigenvalue weighted by atomic mass is 16.6. The Morgan fingerprint density at radius 1 is 0.977 bits per heavy atom. The van der Waals surface area contributed by atoms with E-state index >= 15 is 0 Å². The van der Waals surface area contributed by atoms with Crippen LogP contribution in [0.1, 0.15) is 46.5 Å². The van der Waals surface area contributed by atoms with Crippen LogP contribution in [-0.4, -0.2) is 42.3 Å². The van der Waals surface area contributed by atoms with Crippen LogP contribution in [0, 0.1) is 12.3 Å². The Bertz CT molecular complexity index is 1540. The molecule has 4 N–H and O–H groups in total. The fourth-order valence-electron chi connectivity index (χ4n) is 3.62. The molecule has 43 heavy (non-hydrogen) atoms. The van der Waals surface area contributed by atoms with Crippen molar-refractivity contribution in [2.75, 3.05) is 6.54 Å². The van der Waals surface area contributed by atoms with Gasteiger partial charge in [0.05, 0.1) is 5.56 Å². The lowest BCUT2D eigenvalue weighted by molar-refractivity contribution is -0.165. The molecule has 0 aliphatic carbocycles. The summed E-state index contributed by atoms with van der Waals surface area (Å²) in [4.78, 5) is 49.2. The fraction of sp³-hybridized carbons (Fsp3) is 0.182. The van der Waals surface area contributed by atoms with Crippen LogP contribution in [0.3, 0.4) is 0 Å². The van der Waals surface area contributed by atoms with E-state index in [-0.39, 0.29) is 24.6 Å². The van der Waals surface area contributed by atoms with E-state index in [1.807, 2.05) is 30.3 Å². The van der Waals surface area contributed by atoms with E-state index in [4.69, 9.17) is 25.4 Å². The van der Waals surface area contributed by atoms with Crippen LogP contribution >= 0.6 is 0 Å². The average molecular weight is 584 g/mol. The molecule has 10 nitrogen and oxygen atoms in total. The number of carbonyl (C=O) groups excluding carboxylic acids is 4.